The lowest BCUT2D eigenvalue weighted by atomic mass is 10.1. The Morgan fingerprint density at radius 2 is 1.76 bits per heavy atom. The second-order valence-electron chi connectivity index (χ2n) is 5.25. The quantitative estimate of drug-likeness (QED) is 0.510. The van der Waals surface area contributed by atoms with Crippen LogP contribution < -0.4 is 10.3 Å². The number of nitro benzene ring substituents is 1. The van der Waals surface area contributed by atoms with E-state index in [-0.39, 0.29) is 22.5 Å². The van der Waals surface area contributed by atoms with Crippen LogP contribution in [0.15, 0.2) is 41.5 Å². The van der Waals surface area contributed by atoms with Gasteiger partial charge in [0.15, 0.2) is 0 Å². The lowest BCUT2D eigenvalue weighted by molar-refractivity contribution is -0.384. The molecule has 0 fully saturated rings. The van der Waals surface area contributed by atoms with Crippen LogP contribution in [0.1, 0.15) is 16.7 Å². The lowest BCUT2D eigenvalue weighted by Crippen LogP contribution is -2.08. The first-order valence-electron chi connectivity index (χ1n) is 7.15. The van der Waals surface area contributed by atoms with E-state index in [4.69, 9.17) is 10.5 Å². The first kappa shape index (κ1) is 17.4. The molecule has 8 nitrogen and oxygen atoms in total. The summed E-state index contributed by atoms with van der Waals surface area (Å²) in [6, 6.07) is 13.4. The van der Waals surface area contributed by atoms with Crippen LogP contribution in [0.4, 0.5) is 17.1 Å². The second-order valence-corrected chi connectivity index (χ2v) is 5.25. The molecule has 0 saturated carbocycles. The molecule has 124 valence electrons. The predicted octanol–water partition coefficient (Wildman–Crippen LogP) is 2.85. The first-order chi connectivity index (χ1) is 12.0. The molecule has 0 heterocycles. The van der Waals surface area contributed by atoms with Crippen molar-refractivity contribution >= 4 is 23.3 Å². The van der Waals surface area contributed by atoms with E-state index in [2.05, 4.69) is 10.5 Å². The molecule has 25 heavy (non-hydrogen) atoms. The van der Waals surface area contributed by atoms with Gasteiger partial charge in [0.25, 0.3) is 5.69 Å². The van der Waals surface area contributed by atoms with Crippen LogP contribution in [0.5, 0.6) is 0 Å². The third-order valence-electron chi connectivity index (χ3n) is 3.38. The van der Waals surface area contributed by atoms with Crippen LogP contribution in [0.25, 0.3) is 0 Å². The molecular formula is C17H14N6O2. The zero-order chi connectivity index (χ0) is 18.4. The average molecular weight is 334 g/mol. The minimum atomic E-state index is -0.633. The van der Waals surface area contributed by atoms with Gasteiger partial charge in [-0.15, -0.1) is 0 Å². The van der Waals surface area contributed by atoms with Crippen molar-refractivity contribution in [1.82, 2.24) is 0 Å². The molecule has 0 aliphatic carbocycles. The largest absolute Gasteiger partial charge is 0.378 e. The summed E-state index contributed by atoms with van der Waals surface area (Å²) in [5, 5.41) is 33.1. The maximum atomic E-state index is 11.1. The Balaban J connectivity index is 2.26. The SMILES string of the molecule is CN(C)c1ccc(/C=N/Nc2cc(C#N)c(C#N)cc2[N+](=O)[O-])cc1. The van der Waals surface area contributed by atoms with Gasteiger partial charge in [-0.1, -0.05) is 12.1 Å². The summed E-state index contributed by atoms with van der Waals surface area (Å²) in [5.41, 5.74) is 4.11. The fourth-order valence-electron chi connectivity index (χ4n) is 2.05. The van der Waals surface area contributed by atoms with Crippen LogP contribution in [-0.2, 0) is 0 Å². The third-order valence-corrected chi connectivity index (χ3v) is 3.38. The van der Waals surface area contributed by atoms with Crippen molar-refractivity contribution in [3.05, 3.63) is 63.2 Å². The van der Waals surface area contributed by atoms with Gasteiger partial charge >= 0.3 is 0 Å². The lowest BCUT2D eigenvalue weighted by Gasteiger charge is -2.11. The van der Waals surface area contributed by atoms with E-state index < -0.39 is 4.92 Å². The molecule has 0 aromatic heterocycles. The molecule has 0 unspecified atom stereocenters. The van der Waals surface area contributed by atoms with Gasteiger partial charge in [0.05, 0.1) is 22.3 Å². The van der Waals surface area contributed by atoms with E-state index >= 15 is 0 Å². The number of hydrogen-bond acceptors (Lipinski definition) is 7. The number of anilines is 2. The molecule has 0 aliphatic rings. The second kappa shape index (κ2) is 7.57. The number of rotatable bonds is 5. The van der Waals surface area contributed by atoms with Crippen molar-refractivity contribution in [2.45, 2.75) is 0 Å². The molecular weight excluding hydrogens is 320 g/mol. The van der Waals surface area contributed by atoms with Gasteiger partial charge in [-0.2, -0.15) is 15.6 Å². The highest BCUT2D eigenvalue weighted by Crippen LogP contribution is 2.28. The molecule has 0 saturated heterocycles. The average Bonchev–Trinajstić information content (AvgIpc) is 2.61. The van der Waals surface area contributed by atoms with Crippen LogP contribution >= 0.6 is 0 Å². The van der Waals surface area contributed by atoms with Crippen LogP contribution in [0, 0.1) is 32.8 Å². The zero-order valence-corrected chi connectivity index (χ0v) is 13.6. The zero-order valence-electron chi connectivity index (χ0n) is 13.6. The van der Waals surface area contributed by atoms with Crippen molar-refractivity contribution in [2.24, 2.45) is 5.10 Å². The molecule has 0 radical (unpaired) electrons. The number of nitriles is 2. The third kappa shape index (κ3) is 4.09. The molecule has 0 bridgehead atoms. The molecule has 0 atom stereocenters. The van der Waals surface area contributed by atoms with Gasteiger partial charge < -0.3 is 4.90 Å². The number of nitrogens with zero attached hydrogens (tertiary/aromatic N) is 5. The molecule has 0 amide bonds. The Labute approximate surface area is 144 Å². The Hall–Kier alpha value is -3.91. The standard InChI is InChI=1S/C17H14N6O2/c1-22(2)15-5-3-12(4-6-15)11-20-21-16-7-13(9-18)14(10-19)8-17(16)23(24)25/h3-8,11,21H,1-2H3/b20-11+. The first-order valence-corrected chi connectivity index (χ1v) is 7.15. The molecule has 8 heteroatoms. The van der Waals surface area contributed by atoms with Crippen molar-refractivity contribution in [2.75, 3.05) is 24.4 Å². The summed E-state index contributed by atoms with van der Waals surface area (Å²) in [6.45, 7) is 0. The summed E-state index contributed by atoms with van der Waals surface area (Å²) < 4.78 is 0. The number of nitrogens with one attached hydrogen (secondary N) is 1. The van der Waals surface area contributed by atoms with Gasteiger partial charge in [-0.25, -0.2) is 0 Å². The molecule has 0 spiro atoms. The van der Waals surface area contributed by atoms with Crippen LogP contribution in [0.3, 0.4) is 0 Å². The fraction of sp³-hybridized carbons (Fsp3) is 0.118. The van der Waals surface area contributed by atoms with Crippen molar-refractivity contribution in [3.63, 3.8) is 0 Å². The number of hydrazone groups is 1. The van der Waals surface area contributed by atoms with Crippen LogP contribution in [0.2, 0.25) is 0 Å². The van der Waals surface area contributed by atoms with Gasteiger partial charge in [-0.05, 0) is 23.8 Å². The molecule has 0 aliphatic heterocycles. The molecule has 2 rings (SSSR count). The smallest absolute Gasteiger partial charge is 0.295 e. The van der Waals surface area contributed by atoms with Gasteiger partial charge in [0, 0.05) is 25.8 Å². The highest BCUT2D eigenvalue weighted by atomic mass is 16.6. The Bertz CT molecular complexity index is 904. The topological polar surface area (TPSA) is 118 Å². The highest BCUT2D eigenvalue weighted by Gasteiger charge is 2.18. The van der Waals surface area contributed by atoms with Gasteiger partial charge in [-0.3, -0.25) is 15.5 Å². The predicted molar refractivity (Wildman–Crippen MR) is 94.5 cm³/mol. The molecule has 2 aromatic carbocycles. The number of hydrogen-bond donors (Lipinski definition) is 1. The molecule has 2 aromatic rings. The van der Waals surface area contributed by atoms with E-state index in [1.807, 2.05) is 49.3 Å². The van der Waals surface area contributed by atoms with Gasteiger partial charge in [0.2, 0.25) is 0 Å². The summed E-state index contributed by atoms with van der Waals surface area (Å²) >= 11 is 0. The highest BCUT2D eigenvalue weighted by molar-refractivity contribution is 5.81. The number of nitro groups is 1. The Morgan fingerprint density at radius 3 is 2.28 bits per heavy atom. The fourth-order valence-corrected chi connectivity index (χ4v) is 2.05. The van der Waals surface area contributed by atoms with E-state index in [1.54, 1.807) is 6.07 Å². The number of benzene rings is 2. The van der Waals surface area contributed by atoms with Crippen LogP contribution in [-0.4, -0.2) is 25.2 Å². The normalized spacial score (nSPS) is 10.1. The van der Waals surface area contributed by atoms with Crippen molar-refractivity contribution < 1.29 is 4.92 Å². The maximum absolute atomic E-state index is 11.1. The Kier molecular flexibility index (Phi) is 5.29. The summed E-state index contributed by atoms with van der Waals surface area (Å²) in [5.74, 6) is 0. The van der Waals surface area contributed by atoms with E-state index in [0.717, 1.165) is 17.3 Å². The minimum absolute atomic E-state index is 0.0427. The summed E-state index contributed by atoms with van der Waals surface area (Å²) in [6.07, 6.45) is 1.51. The minimum Gasteiger partial charge on any atom is -0.378 e. The van der Waals surface area contributed by atoms with E-state index in [9.17, 15) is 10.1 Å². The summed E-state index contributed by atoms with van der Waals surface area (Å²) in [4.78, 5) is 12.5. The van der Waals surface area contributed by atoms with Crippen molar-refractivity contribution in [1.29, 1.82) is 10.5 Å². The Morgan fingerprint density at radius 1 is 1.16 bits per heavy atom. The van der Waals surface area contributed by atoms with Gasteiger partial charge in [0.1, 0.15) is 17.8 Å². The monoisotopic (exact) mass is 334 g/mol. The molecule has 1 N–H and O–H groups in total. The summed E-state index contributed by atoms with van der Waals surface area (Å²) in [7, 11) is 3.86. The van der Waals surface area contributed by atoms with E-state index in [1.165, 1.54) is 12.3 Å². The van der Waals surface area contributed by atoms with E-state index in [0.29, 0.717) is 0 Å². The van der Waals surface area contributed by atoms with Crippen molar-refractivity contribution in [3.8, 4) is 12.1 Å². The maximum Gasteiger partial charge on any atom is 0.295 e.